The number of anilines is 1. The number of hydrogen-bond acceptors (Lipinski definition) is 5. The summed E-state index contributed by atoms with van der Waals surface area (Å²) in [6.45, 7) is 6.18. The summed E-state index contributed by atoms with van der Waals surface area (Å²) in [4.78, 5) is 25.8. The van der Waals surface area contributed by atoms with E-state index in [-0.39, 0.29) is 22.6 Å². The maximum Gasteiger partial charge on any atom is 0.276 e. The summed E-state index contributed by atoms with van der Waals surface area (Å²) in [5, 5.41) is 16.3. The second-order valence-corrected chi connectivity index (χ2v) is 5.18. The zero-order chi connectivity index (χ0) is 15.3. The van der Waals surface area contributed by atoms with Crippen molar-refractivity contribution in [2.45, 2.75) is 26.8 Å². The van der Waals surface area contributed by atoms with Crippen LogP contribution in [0.2, 0.25) is 5.15 Å². The smallest absolute Gasteiger partial charge is 0.276 e. The summed E-state index contributed by atoms with van der Waals surface area (Å²) in [7, 11) is 0. The number of amides is 1. The van der Waals surface area contributed by atoms with E-state index in [1.54, 1.807) is 6.92 Å². The fourth-order valence-corrected chi connectivity index (χ4v) is 1.61. The van der Waals surface area contributed by atoms with E-state index < -0.39 is 11.0 Å². The molecule has 0 aliphatic rings. The number of nitrogens with zero attached hydrogens (tertiary/aromatic N) is 2. The van der Waals surface area contributed by atoms with Crippen molar-refractivity contribution in [3.8, 4) is 0 Å². The first-order valence-electron chi connectivity index (χ1n) is 6.15. The molecule has 1 heterocycles. The van der Waals surface area contributed by atoms with E-state index in [1.807, 2.05) is 13.8 Å². The van der Waals surface area contributed by atoms with Gasteiger partial charge in [-0.05, 0) is 12.8 Å². The zero-order valence-corrected chi connectivity index (χ0v) is 12.3. The normalized spacial score (nSPS) is 12.1. The van der Waals surface area contributed by atoms with Crippen LogP contribution in [0.15, 0.2) is 12.1 Å². The van der Waals surface area contributed by atoms with Crippen LogP contribution in [0.5, 0.6) is 0 Å². The fourth-order valence-electron chi connectivity index (χ4n) is 1.41. The highest BCUT2D eigenvalue weighted by Crippen LogP contribution is 2.20. The molecule has 0 spiro atoms. The van der Waals surface area contributed by atoms with Gasteiger partial charge in [-0.25, -0.2) is 4.98 Å². The lowest BCUT2D eigenvalue weighted by molar-refractivity contribution is -0.384. The van der Waals surface area contributed by atoms with Crippen LogP contribution >= 0.6 is 11.6 Å². The quantitative estimate of drug-likeness (QED) is 0.477. The molecule has 1 atom stereocenters. The van der Waals surface area contributed by atoms with Gasteiger partial charge in [-0.15, -0.1) is 0 Å². The summed E-state index contributed by atoms with van der Waals surface area (Å²) < 4.78 is 0. The Morgan fingerprint density at radius 3 is 2.65 bits per heavy atom. The van der Waals surface area contributed by atoms with Crippen molar-refractivity contribution in [3.05, 3.63) is 27.4 Å². The molecule has 7 nitrogen and oxygen atoms in total. The largest absolute Gasteiger partial charge is 0.358 e. The van der Waals surface area contributed by atoms with Crippen LogP contribution in [-0.2, 0) is 4.79 Å². The Kier molecular flexibility index (Phi) is 5.69. The molecule has 0 saturated heterocycles. The van der Waals surface area contributed by atoms with Gasteiger partial charge in [0.1, 0.15) is 17.0 Å². The molecule has 20 heavy (non-hydrogen) atoms. The first-order valence-corrected chi connectivity index (χ1v) is 6.53. The van der Waals surface area contributed by atoms with E-state index in [1.165, 1.54) is 6.07 Å². The Labute approximate surface area is 121 Å². The maximum absolute atomic E-state index is 11.8. The molecule has 1 rings (SSSR count). The number of rotatable bonds is 6. The number of carbonyl (C=O) groups is 1. The maximum atomic E-state index is 11.8. The van der Waals surface area contributed by atoms with Crippen LogP contribution in [0.25, 0.3) is 0 Å². The second-order valence-electron chi connectivity index (χ2n) is 4.80. The first-order chi connectivity index (χ1) is 9.29. The Balaban J connectivity index is 2.72. The molecule has 1 unspecified atom stereocenters. The Morgan fingerprint density at radius 2 is 2.10 bits per heavy atom. The number of nitrogens with one attached hydrogen (secondary N) is 2. The van der Waals surface area contributed by atoms with Gasteiger partial charge >= 0.3 is 0 Å². The number of pyridine rings is 1. The summed E-state index contributed by atoms with van der Waals surface area (Å²) in [6.07, 6.45) is 0. The lowest BCUT2D eigenvalue weighted by Gasteiger charge is -2.15. The van der Waals surface area contributed by atoms with Gasteiger partial charge in [-0.2, -0.15) is 0 Å². The summed E-state index contributed by atoms with van der Waals surface area (Å²) in [6, 6.07) is 1.81. The van der Waals surface area contributed by atoms with E-state index in [4.69, 9.17) is 11.6 Å². The average molecular weight is 301 g/mol. The highest BCUT2D eigenvalue weighted by molar-refractivity contribution is 6.29. The molecule has 0 aliphatic heterocycles. The van der Waals surface area contributed by atoms with Crippen LogP contribution in [0.4, 0.5) is 11.5 Å². The predicted octanol–water partition coefficient (Wildman–Crippen LogP) is 2.22. The van der Waals surface area contributed by atoms with E-state index >= 15 is 0 Å². The number of hydrogen-bond donors (Lipinski definition) is 2. The predicted molar refractivity (Wildman–Crippen MR) is 76.8 cm³/mol. The molecule has 0 saturated carbocycles. The van der Waals surface area contributed by atoms with E-state index in [2.05, 4.69) is 15.6 Å². The minimum Gasteiger partial charge on any atom is -0.358 e. The molecule has 110 valence electrons. The lowest BCUT2D eigenvalue weighted by atomic mass is 10.2. The minimum absolute atomic E-state index is 0.00325. The average Bonchev–Trinajstić information content (AvgIpc) is 2.34. The van der Waals surface area contributed by atoms with Crippen LogP contribution in [0.1, 0.15) is 20.8 Å². The highest BCUT2D eigenvalue weighted by atomic mass is 35.5. The molecule has 0 aromatic carbocycles. The molecule has 0 aliphatic carbocycles. The van der Waals surface area contributed by atoms with E-state index in [9.17, 15) is 14.9 Å². The topological polar surface area (TPSA) is 97.2 Å². The standard InChI is InChI=1S/C12H17ClN4O3/c1-7(2)6-14-12(18)8(3)15-11-5-9(17(19)20)4-10(13)16-11/h4-5,7-8H,6H2,1-3H3,(H,14,18)(H,15,16). The molecule has 1 aromatic heterocycles. The summed E-state index contributed by atoms with van der Waals surface area (Å²) >= 11 is 5.70. The van der Waals surface area contributed by atoms with Crippen molar-refractivity contribution in [2.24, 2.45) is 5.92 Å². The van der Waals surface area contributed by atoms with Crippen LogP contribution in [0.3, 0.4) is 0 Å². The molecule has 8 heteroatoms. The first kappa shape index (κ1) is 16.2. The molecule has 1 amide bonds. The van der Waals surface area contributed by atoms with Crippen LogP contribution < -0.4 is 10.6 Å². The third kappa shape index (κ3) is 5.00. The van der Waals surface area contributed by atoms with E-state index in [0.717, 1.165) is 6.07 Å². The molecule has 2 N–H and O–H groups in total. The van der Waals surface area contributed by atoms with Crippen molar-refractivity contribution in [1.29, 1.82) is 0 Å². The van der Waals surface area contributed by atoms with Crippen molar-refractivity contribution < 1.29 is 9.72 Å². The van der Waals surface area contributed by atoms with Crippen LogP contribution in [-0.4, -0.2) is 28.4 Å². The Morgan fingerprint density at radius 1 is 1.45 bits per heavy atom. The minimum atomic E-state index is -0.570. The van der Waals surface area contributed by atoms with Crippen molar-refractivity contribution in [1.82, 2.24) is 10.3 Å². The number of carbonyl (C=O) groups excluding carboxylic acids is 1. The molecule has 0 bridgehead atoms. The number of nitro groups is 1. The molecule has 0 radical (unpaired) electrons. The Bertz CT molecular complexity index is 507. The van der Waals surface area contributed by atoms with Crippen molar-refractivity contribution in [2.75, 3.05) is 11.9 Å². The monoisotopic (exact) mass is 300 g/mol. The molecular formula is C12H17ClN4O3. The van der Waals surface area contributed by atoms with Gasteiger partial charge in [0.25, 0.3) is 5.69 Å². The van der Waals surface area contributed by atoms with Crippen LogP contribution in [0, 0.1) is 16.0 Å². The number of aromatic nitrogens is 1. The SMILES string of the molecule is CC(C)CNC(=O)C(C)Nc1cc([N+](=O)[O-])cc(Cl)n1. The van der Waals surface area contributed by atoms with Gasteiger partial charge in [0.2, 0.25) is 5.91 Å². The summed E-state index contributed by atoms with van der Waals surface area (Å²) in [5.74, 6) is 0.330. The lowest BCUT2D eigenvalue weighted by Crippen LogP contribution is -2.39. The summed E-state index contributed by atoms with van der Waals surface area (Å²) in [5.41, 5.74) is -0.178. The third-order valence-corrected chi connectivity index (χ3v) is 2.63. The van der Waals surface area contributed by atoms with Gasteiger partial charge in [0.15, 0.2) is 0 Å². The number of halogens is 1. The molecule has 1 aromatic rings. The fraction of sp³-hybridized carbons (Fsp3) is 0.500. The second kappa shape index (κ2) is 7.04. The Hall–Kier alpha value is -1.89. The molecular weight excluding hydrogens is 284 g/mol. The van der Waals surface area contributed by atoms with Gasteiger partial charge in [0.05, 0.1) is 17.1 Å². The van der Waals surface area contributed by atoms with Gasteiger partial charge in [-0.3, -0.25) is 14.9 Å². The van der Waals surface area contributed by atoms with Crippen molar-refractivity contribution >= 4 is 29.0 Å². The van der Waals surface area contributed by atoms with E-state index in [0.29, 0.717) is 12.5 Å². The molecule has 0 fully saturated rings. The van der Waals surface area contributed by atoms with Crippen molar-refractivity contribution in [3.63, 3.8) is 0 Å². The van der Waals surface area contributed by atoms with Gasteiger partial charge < -0.3 is 10.6 Å². The van der Waals surface area contributed by atoms with Gasteiger partial charge in [-0.1, -0.05) is 25.4 Å². The van der Waals surface area contributed by atoms with Gasteiger partial charge in [0, 0.05) is 6.54 Å². The third-order valence-electron chi connectivity index (χ3n) is 2.43. The zero-order valence-electron chi connectivity index (χ0n) is 11.5. The highest BCUT2D eigenvalue weighted by Gasteiger charge is 2.16.